The van der Waals surface area contributed by atoms with E-state index in [4.69, 9.17) is 14.2 Å². The quantitative estimate of drug-likeness (QED) is 0.760. The highest BCUT2D eigenvalue weighted by Crippen LogP contribution is 2.35. The molecule has 104 valence electrons. The predicted octanol–water partition coefficient (Wildman–Crippen LogP) is 1.85. The molecule has 1 atom stereocenters. The molecule has 1 aromatic rings. The zero-order valence-electron chi connectivity index (χ0n) is 11.5. The molecular weight excluding hydrogens is 246 g/mol. The van der Waals surface area contributed by atoms with Gasteiger partial charge in [0.05, 0.1) is 20.8 Å². The molecule has 0 saturated carbocycles. The number of carbonyl (C=O) groups is 1. The minimum Gasteiger partial charge on any atom is -0.493 e. The molecule has 1 saturated heterocycles. The Balaban J connectivity index is 2.16. The Bertz CT molecular complexity index is 461. The summed E-state index contributed by atoms with van der Waals surface area (Å²) < 4.78 is 15.5. The summed E-state index contributed by atoms with van der Waals surface area (Å²) in [6, 6.07) is 5.46. The zero-order chi connectivity index (χ0) is 13.8. The Kier molecular flexibility index (Phi) is 4.14. The molecule has 1 fully saturated rings. The summed E-state index contributed by atoms with van der Waals surface area (Å²) in [4.78, 5) is 13.8. The number of anilines is 1. The topological polar surface area (TPSA) is 48.0 Å². The van der Waals surface area contributed by atoms with E-state index in [9.17, 15) is 4.79 Å². The van der Waals surface area contributed by atoms with Crippen molar-refractivity contribution in [2.24, 2.45) is 0 Å². The Hall–Kier alpha value is -1.91. The molecule has 1 aliphatic heterocycles. The second-order valence-corrected chi connectivity index (χ2v) is 4.29. The van der Waals surface area contributed by atoms with Gasteiger partial charge in [0.15, 0.2) is 11.5 Å². The lowest BCUT2D eigenvalue weighted by Crippen LogP contribution is -2.53. The van der Waals surface area contributed by atoms with E-state index in [1.54, 1.807) is 14.2 Å². The van der Waals surface area contributed by atoms with E-state index in [0.29, 0.717) is 18.1 Å². The van der Waals surface area contributed by atoms with Crippen LogP contribution in [0.25, 0.3) is 0 Å². The molecule has 1 unspecified atom stereocenters. The first-order chi connectivity index (χ1) is 9.21. The standard InChI is InChI=1S/C14H19NO4/c1-4-19-14(16)11-7-8-15(11)10-5-6-12(17-2)13(9-10)18-3/h5-6,9,11H,4,7-8H2,1-3H3. The van der Waals surface area contributed by atoms with Crippen LogP contribution in [0.15, 0.2) is 18.2 Å². The normalized spacial score (nSPS) is 17.6. The van der Waals surface area contributed by atoms with Gasteiger partial charge in [0, 0.05) is 18.3 Å². The molecule has 0 radical (unpaired) electrons. The van der Waals surface area contributed by atoms with Gasteiger partial charge in [-0.3, -0.25) is 0 Å². The Labute approximate surface area is 113 Å². The lowest BCUT2D eigenvalue weighted by atomic mass is 10.0. The molecule has 1 heterocycles. The molecule has 0 spiro atoms. The van der Waals surface area contributed by atoms with Crippen LogP contribution in [0, 0.1) is 0 Å². The number of carbonyl (C=O) groups excluding carboxylic acids is 1. The van der Waals surface area contributed by atoms with Gasteiger partial charge in [-0.05, 0) is 25.5 Å². The van der Waals surface area contributed by atoms with E-state index in [2.05, 4.69) is 0 Å². The first-order valence-electron chi connectivity index (χ1n) is 6.36. The first-order valence-corrected chi connectivity index (χ1v) is 6.36. The number of rotatable bonds is 5. The van der Waals surface area contributed by atoms with E-state index in [-0.39, 0.29) is 12.0 Å². The highest BCUT2D eigenvalue weighted by molar-refractivity contribution is 5.82. The molecule has 0 N–H and O–H groups in total. The van der Waals surface area contributed by atoms with Gasteiger partial charge in [0.2, 0.25) is 0 Å². The van der Waals surface area contributed by atoms with Gasteiger partial charge >= 0.3 is 5.97 Å². The summed E-state index contributed by atoms with van der Waals surface area (Å²) in [5.41, 5.74) is 0.946. The smallest absolute Gasteiger partial charge is 0.328 e. The van der Waals surface area contributed by atoms with Gasteiger partial charge in [-0.2, -0.15) is 0 Å². The van der Waals surface area contributed by atoms with Crippen LogP contribution in [0.3, 0.4) is 0 Å². The third-order valence-electron chi connectivity index (χ3n) is 3.28. The summed E-state index contributed by atoms with van der Waals surface area (Å²) in [7, 11) is 3.20. The van der Waals surface area contributed by atoms with Crippen molar-refractivity contribution in [3.05, 3.63) is 18.2 Å². The van der Waals surface area contributed by atoms with Gasteiger partial charge in [-0.25, -0.2) is 4.79 Å². The fraction of sp³-hybridized carbons (Fsp3) is 0.500. The number of esters is 1. The van der Waals surface area contributed by atoms with Gasteiger partial charge in [0.25, 0.3) is 0 Å². The number of ether oxygens (including phenoxy) is 3. The van der Waals surface area contributed by atoms with Crippen LogP contribution in [0.1, 0.15) is 13.3 Å². The highest BCUT2D eigenvalue weighted by Gasteiger charge is 2.35. The van der Waals surface area contributed by atoms with E-state index >= 15 is 0 Å². The number of hydrogen-bond donors (Lipinski definition) is 0. The van der Waals surface area contributed by atoms with E-state index in [1.165, 1.54) is 0 Å². The molecule has 1 aliphatic rings. The molecule has 5 heteroatoms. The van der Waals surface area contributed by atoms with Gasteiger partial charge in [0.1, 0.15) is 6.04 Å². The second kappa shape index (κ2) is 5.82. The maximum Gasteiger partial charge on any atom is 0.328 e. The largest absolute Gasteiger partial charge is 0.493 e. The zero-order valence-corrected chi connectivity index (χ0v) is 11.5. The molecule has 1 aromatic carbocycles. The van der Waals surface area contributed by atoms with Crippen molar-refractivity contribution in [2.45, 2.75) is 19.4 Å². The Morgan fingerprint density at radius 3 is 2.58 bits per heavy atom. The van der Waals surface area contributed by atoms with Crippen LogP contribution in [-0.4, -0.2) is 39.4 Å². The van der Waals surface area contributed by atoms with Crippen LogP contribution in [0.5, 0.6) is 11.5 Å². The van der Waals surface area contributed by atoms with Crippen molar-refractivity contribution in [1.82, 2.24) is 0 Å². The molecule has 2 rings (SSSR count). The average molecular weight is 265 g/mol. The Morgan fingerprint density at radius 1 is 1.32 bits per heavy atom. The maximum atomic E-state index is 11.8. The monoisotopic (exact) mass is 265 g/mol. The van der Waals surface area contributed by atoms with E-state index in [1.807, 2.05) is 30.0 Å². The van der Waals surface area contributed by atoms with Crippen molar-refractivity contribution < 1.29 is 19.0 Å². The number of benzene rings is 1. The highest BCUT2D eigenvalue weighted by atomic mass is 16.5. The minimum atomic E-state index is -0.182. The summed E-state index contributed by atoms with van der Waals surface area (Å²) in [5, 5.41) is 0. The summed E-state index contributed by atoms with van der Waals surface area (Å²) in [6.07, 6.45) is 0.827. The van der Waals surface area contributed by atoms with E-state index in [0.717, 1.165) is 18.7 Å². The number of hydrogen-bond acceptors (Lipinski definition) is 5. The van der Waals surface area contributed by atoms with Crippen LogP contribution >= 0.6 is 0 Å². The predicted molar refractivity (Wildman–Crippen MR) is 71.9 cm³/mol. The first kappa shape index (κ1) is 13.5. The third-order valence-corrected chi connectivity index (χ3v) is 3.28. The van der Waals surface area contributed by atoms with Crippen LogP contribution in [0.4, 0.5) is 5.69 Å². The minimum absolute atomic E-state index is 0.163. The molecular formula is C14H19NO4. The number of methoxy groups -OCH3 is 2. The summed E-state index contributed by atoms with van der Waals surface area (Å²) >= 11 is 0. The molecule has 5 nitrogen and oxygen atoms in total. The fourth-order valence-corrected chi connectivity index (χ4v) is 2.18. The van der Waals surface area contributed by atoms with Gasteiger partial charge in [-0.1, -0.05) is 0 Å². The van der Waals surface area contributed by atoms with Crippen molar-refractivity contribution in [1.29, 1.82) is 0 Å². The molecule has 0 bridgehead atoms. The van der Waals surface area contributed by atoms with Crippen LogP contribution < -0.4 is 14.4 Å². The van der Waals surface area contributed by atoms with Crippen molar-refractivity contribution >= 4 is 11.7 Å². The molecule has 0 amide bonds. The summed E-state index contributed by atoms with van der Waals surface area (Å²) in [6.45, 7) is 3.07. The number of nitrogens with zero attached hydrogens (tertiary/aromatic N) is 1. The van der Waals surface area contributed by atoms with Crippen LogP contribution in [0.2, 0.25) is 0 Å². The summed E-state index contributed by atoms with van der Waals surface area (Å²) in [5.74, 6) is 1.18. The van der Waals surface area contributed by atoms with Crippen molar-refractivity contribution in [3.8, 4) is 11.5 Å². The van der Waals surface area contributed by atoms with Crippen LogP contribution in [-0.2, 0) is 9.53 Å². The van der Waals surface area contributed by atoms with Gasteiger partial charge < -0.3 is 19.1 Å². The fourth-order valence-electron chi connectivity index (χ4n) is 2.18. The maximum absolute atomic E-state index is 11.8. The van der Waals surface area contributed by atoms with Crippen molar-refractivity contribution in [3.63, 3.8) is 0 Å². The second-order valence-electron chi connectivity index (χ2n) is 4.29. The van der Waals surface area contributed by atoms with E-state index < -0.39 is 0 Å². The molecule has 0 aliphatic carbocycles. The van der Waals surface area contributed by atoms with Gasteiger partial charge in [-0.15, -0.1) is 0 Å². The van der Waals surface area contributed by atoms with Crippen molar-refractivity contribution in [2.75, 3.05) is 32.3 Å². The third kappa shape index (κ3) is 2.59. The SMILES string of the molecule is CCOC(=O)C1CCN1c1ccc(OC)c(OC)c1. The molecule has 0 aromatic heterocycles. The lowest BCUT2D eigenvalue weighted by Gasteiger charge is -2.41. The molecule has 19 heavy (non-hydrogen) atoms. The Morgan fingerprint density at radius 2 is 2.05 bits per heavy atom. The lowest BCUT2D eigenvalue weighted by molar-refractivity contribution is -0.146. The average Bonchev–Trinajstić information content (AvgIpc) is 2.37.